The van der Waals surface area contributed by atoms with E-state index in [1.807, 2.05) is 12.1 Å². The van der Waals surface area contributed by atoms with Crippen LogP contribution in [0.25, 0.3) is 0 Å². The van der Waals surface area contributed by atoms with E-state index in [2.05, 4.69) is 0 Å². The van der Waals surface area contributed by atoms with Gasteiger partial charge in [0.25, 0.3) is 0 Å². The third-order valence-corrected chi connectivity index (χ3v) is 1.89. The molecule has 0 spiro atoms. The van der Waals surface area contributed by atoms with Gasteiger partial charge in [-0.25, -0.2) is 0 Å². The van der Waals surface area contributed by atoms with Crippen molar-refractivity contribution in [3.05, 3.63) is 34.9 Å². The summed E-state index contributed by atoms with van der Waals surface area (Å²) in [7, 11) is 0. The molecule has 0 N–H and O–H groups in total. The summed E-state index contributed by atoms with van der Waals surface area (Å²) in [5, 5.41) is 17.4. The van der Waals surface area contributed by atoms with Gasteiger partial charge in [0.15, 0.2) is 5.78 Å². The molecule has 0 fully saturated rings. The highest BCUT2D eigenvalue weighted by Crippen LogP contribution is 2.12. The molecule has 0 radical (unpaired) electrons. The maximum absolute atomic E-state index is 11.4. The molecular formula is C11H8N2O. The van der Waals surface area contributed by atoms with Crippen molar-refractivity contribution in [1.29, 1.82) is 10.5 Å². The Bertz CT molecular complexity index is 449. The fourth-order valence-corrected chi connectivity index (χ4v) is 1.14. The second-order valence-electron chi connectivity index (χ2n) is 2.76. The summed E-state index contributed by atoms with van der Waals surface area (Å²) < 4.78 is 0. The number of ketones is 1. The van der Waals surface area contributed by atoms with E-state index in [1.54, 1.807) is 13.0 Å². The molecule has 0 unspecified atom stereocenters. The number of Topliss-reactive ketones (excluding diaryl/α,β-unsaturated/α-hetero) is 1. The van der Waals surface area contributed by atoms with Gasteiger partial charge in [-0.1, -0.05) is 6.92 Å². The fourth-order valence-electron chi connectivity index (χ4n) is 1.14. The number of carbonyl (C=O) groups is 1. The fraction of sp³-hybridized carbons (Fsp3) is 0.182. The lowest BCUT2D eigenvalue weighted by Crippen LogP contribution is -2.00. The molecule has 0 atom stereocenters. The standard InChI is InChI=1S/C11H8N2O/c1-2-11(14)10-4-3-8(6-12)5-9(10)7-13/h3-5H,2H2,1H3. The molecule has 14 heavy (non-hydrogen) atoms. The zero-order valence-electron chi connectivity index (χ0n) is 7.74. The Morgan fingerprint density at radius 3 is 2.57 bits per heavy atom. The second kappa shape index (κ2) is 4.20. The average molecular weight is 184 g/mol. The quantitative estimate of drug-likeness (QED) is 0.660. The smallest absolute Gasteiger partial charge is 0.163 e. The predicted octanol–water partition coefficient (Wildman–Crippen LogP) is 2.02. The SMILES string of the molecule is CCC(=O)c1ccc(C#N)cc1C#N. The maximum atomic E-state index is 11.4. The van der Waals surface area contributed by atoms with Gasteiger partial charge in [-0.3, -0.25) is 4.79 Å². The molecule has 0 amide bonds. The minimum Gasteiger partial charge on any atom is -0.294 e. The lowest BCUT2D eigenvalue weighted by Gasteiger charge is -2.00. The molecule has 3 nitrogen and oxygen atoms in total. The van der Waals surface area contributed by atoms with Crippen LogP contribution < -0.4 is 0 Å². The Kier molecular flexibility index (Phi) is 2.99. The summed E-state index contributed by atoms with van der Waals surface area (Å²) in [4.78, 5) is 11.4. The number of benzene rings is 1. The molecule has 1 aromatic rings. The highest BCUT2D eigenvalue weighted by Gasteiger charge is 2.09. The van der Waals surface area contributed by atoms with Gasteiger partial charge < -0.3 is 0 Å². The van der Waals surface area contributed by atoms with Crippen LogP contribution in [0, 0.1) is 22.7 Å². The lowest BCUT2D eigenvalue weighted by molar-refractivity contribution is 0.0988. The Morgan fingerprint density at radius 2 is 2.07 bits per heavy atom. The first kappa shape index (κ1) is 9.95. The van der Waals surface area contributed by atoms with Crippen molar-refractivity contribution in [3.8, 4) is 12.1 Å². The molecule has 0 aliphatic carbocycles. The average Bonchev–Trinajstić information content (AvgIpc) is 2.27. The number of carbonyl (C=O) groups excluding carboxylic acids is 1. The normalized spacial score (nSPS) is 8.79. The molecular weight excluding hydrogens is 176 g/mol. The minimum absolute atomic E-state index is 0.0777. The molecule has 0 saturated heterocycles. The van der Waals surface area contributed by atoms with Crippen LogP contribution >= 0.6 is 0 Å². The number of hydrogen-bond donors (Lipinski definition) is 0. The molecule has 1 rings (SSSR count). The van der Waals surface area contributed by atoms with Gasteiger partial charge in [0.1, 0.15) is 0 Å². The highest BCUT2D eigenvalue weighted by atomic mass is 16.1. The van der Waals surface area contributed by atoms with Gasteiger partial charge in [0.05, 0.1) is 23.3 Å². The van der Waals surface area contributed by atoms with Crippen LogP contribution in [0.3, 0.4) is 0 Å². The Hall–Kier alpha value is -2.13. The summed E-state index contributed by atoms with van der Waals surface area (Å²) >= 11 is 0. The molecule has 1 aromatic carbocycles. The molecule has 3 heteroatoms. The predicted molar refractivity (Wildman–Crippen MR) is 50.5 cm³/mol. The first-order valence-electron chi connectivity index (χ1n) is 4.20. The first-order chi connectivity index (χ1) is 6.72. The van der Waals surface area contributed by atoms with E-state index in [0.717, 1.165) is 0 Å². The third kappa shape index (κ3) is 1.78. The van der Waals surface area contributed by atoms with Crippen molar-refractivity contribution in [2.45, 2.75) is 13.3 Å². The van der Waals surface area contributed by atoms with Crippen molar-refractivity contribution in [2.75, 3.05) is 0 Å². The molecule has 0 heterocycles. The van der Waals surface area contributed by atoms with E-state index in [4.69, 9.17) is 10.5 Å². The molecule has 0 aromatic heterocycles. The summed E-state index contributed by atoms with van der Waals surface area (Å²) in [6.07, 6.45) is 0.362. The van der Waals surface area contributed by atoms with E-state index in [0.29, 0.717) is 17.5 Å². The largest absolute Gasteiger partial charge is 0.294 e. The number of hydrogen-bond acceptors (Lipinski definition) is 3. The number of nitriles is 2. The van der Waals surface area contributed by atoms with Crippen LogP contribution in [0.1, 0.15) is 34.8 Å². The highest BCUT2D eigenvalue weighted by molar-refractivity contribution is 5.98. The van der Waals surface area contributed by atoms with Crippen molar-refractivity contribution in [1.82, 2.24) is 0 Å². The van der Waals surface area contributed by atoms with E-state index in [9.17, 15) is 4.79 Å². The van der Waals surface area contributed by atoms with Crippen LogP contribution in [0.15, 0.2) is 18.2 Å². The van der Waals surface area contributed by atoms with Gasteiger partial charge in [-0.2, -0.15) is 10.5 Å². The molecule has 0 saturated carbocycles. The Balaban J connectivity index is 3.29. The first-order valence-corrected chi connectivity index (χ1v) is 4.20. The minimum atomic E-state index is -0.0777. The number of rotatable bonds is 2. The van der Waals surface area contributed by atoms with Crippen LogP contribution in [-0.2, 0) is 0 Å². The van der Waals surface area contributed by atoms with Gasteiger partial charge in [0, 0.05) is 12.0 Å². The van der Waals surface area contributed by atoms with E-state index in [1.165, 1.54) is 12.1 Å². The monoisotopic (exact) mass is 184 g/mol. The van der Waals surface area contributed by atoms with Crippen molar-refractivity contribution < 1.29 is 4.79 Å². The van der Waals surface area contributed by atoms with Crippen LogP contribution in [0.5, 0.6) is 0 Å². The van der Waals surface area contributed by atoms with Crippen molar-refractivity contribution >= 4 is 5.78 Å². The Morgan fingerprint density at radius 1 is 1.36 bits per heavy atom. The summed E-state index contributed by atoms with van der Waals surface area (Å²) in [6, 6.07) is 8.35. The van der Waals surface area contributed by atoms with Crippen molar-refractivity contribution in [3.63, 3.8) is 0 Å². The molecule has 68 valence electrons. The summed E-state index contributed by atoms with van der Waals surface area (Å²) in [5.41, 5.74) is 1.07. The molecule has 0 bridgehead atoms. The zero-order valence-corrected chi connectivity index (χ0v) is 7.74. The van der Waals surface area contributed by atoms with E-state index in [-0.39, 0.29) is 11.3 Å². The van der Waals surface area contributed by atoms with Crippen LogP contribution in [-0.4, -0.2) is 5.78 Å². The zero-order chi connectivity index (χ0) is 10.6. The van der Waals surface area contributed by atoms with E-state index < -0.39 is 0 Å². The maximum Gasteiger partial charge on any atom is 0.163 e. The van der Waals surface area contributed by atoms with Gasteiger partial charge in [0.2, 0.25) is 0 Å². The lowest BCUT2D eigenvalue weighted by atomic mass is 10.0. The van der Waals surface area contributed by atoms with Gasteiger partial charge in [-0.05, 0) is 18.2 Å². The summed E-state index contributed by atoms with van der Waals surface area (Å²) in [6.45, 7) is 1.74. The Labute approximate surface area is 82.2 Å². The van der Waals surface area contributed by atoms with Crippen LogP contribution in [0.4, 0.5) is 0 Å². The number of nitrogens with zero attached hydrogens (tertiary/aromatic N) is 2. The summed E-state index contributed by atoms with van der Waals surface area (Å²) in [5.74, 6) is -0.0777. The van der Waals surface area contributed by atoms with Gasteiger partial charge in [-0.15, -0.1) is 0 Å². The topological polar surface area (TPSA) is 64.7 Å². The molecule has 0 aliphatic rings. The van der Waals surface area contributed by atoms with Crippen molar-refractivity contribution in [2.24, 2.45) is 0 Å². The van der Waals surface area contributed by atoms with E-state index >= 15 is 0 Å². The van der Waals surface area contributed by atoms with Crippen LogP contribution in [0.2, 0.25) is 0 Å². The third-order valence-electron chi connectivity index (χ3n) is 1.89. The molecule has 0 aliphatic heterocycles. The van der Waals surface area contributed by atoms with Gasteiger partial charge >= 0.3 is 0 Å². The second-order valence-corrected chi connectivity index (χ2v) is 2.76.